The third kappa shape index (κ3) is 2.10. The van der Waals surface area contributed by atoms with Crippen molar-refractivity contribution in [2.75, 3.05) is 7.05 Å². The second kappa shape index (κ2) is 4.28. The van der Waals surface area contributed by atoms with E-state index in [1.165, 1.54) is 5.57 Å². The highest BCUT2D eigenvalue weighted by Gasteiger charge is 2.36. The van der Waals surface area contributed by atoms with E-state index in [-0.39, 0.29) is 11.9 Å². The molecule has 2 rings (SSSR count). The van der Waals surface area contributed by atoms with E-state index in [2.05, 4.69) is 35.5 Å². The highest BCUT2D eigenvalue weighted by atomic mass is 16.2. The van der Waals surface area contributed by atoms with Crippen LogP contribution in [0.15, 0.2) is 16.6 Å². The number of nitrogens with zero attached hydrogens (tertiary/aromatic N) is 1. The minimum atomic E-state index is -0.107. The maximum Gasteiger partial charge on any atom is 0.249 e. The first-order valence-corrected chi connectivity index (χ1v) is 5.81. The van der Waals surface area contributed by atoms with Crippen LogP contribution in [0.4, 0.5) is 0 Å². The molecule has 1 aliphatic carbocycles. The first-order chi connectivity index (χ1) is 7.60. The Kier molecular flexibility index (Phi) is 2.99. The number of hydrogen-bond acceptors (Lipinski definition) is 2. The van der Waals surface area contributed by atoms with Crippen molar-refractivity contribution in [3.05, 3.63) is 11.6 Å². The molecule has 3 unspecified atom stereocenters. The van der Waals surface area contributed by atoms with E-state index < -0.39 is 0 Å². The summed E-state index contributed by atoms with van der Waals surface area (Å²) in [7, 11) is 1.68. The highest BCUT2D eigenvalue weighted by molar-refractivity contribution is 6.06. The normalized spacial score (nSPS) is 36.9. The lowest BCUT2D eigenvalue weighted by Gasteiger charge is -2.28. The Labute approximate surface area is 96.2 Å². The molecule has 1 saturated heterocycles. The maximum absolute atomic E-state index is 11.8. The summed E-state index contributed by atoms with van der Waals surface area (Å²) in [5, 5.41) is 5.92. The van der Waals surface area contributed by atoms with Gasteiger partial charge in [0.1, 0.15) is 6.04 Å². The summed E-state index contributed by atoms with van der Waals surface area (Å²) < 4.78 is 0. The van der Waals surface area contributed by atoms with E-state index in [1.54, 1.807) is 7.05 Å². The monoisotopic (exact) mass is 221 g/mol. The largest absolute Gasteiger partial charge is 0.344 e. The molecule has 88 valence electrons. The number of amides is 1. The van der Waals surface area contributed by atoms with Crippen LogP contribution in [0.25, 0.3) is 0 Å². The molecule has 4 nitrogen and oxygen atoms in total. The van der Waals surface area contributed by atoms with Gasteiger partial charge in [-0.2, -0.15) is 0 Å². The molecule has 3 atom stereocenters. The summed E-state index contributed by atoms with van der Waals surface area (Å²) in [5.74, 6) is 1.62. The van der Waals surface area contributed by atoms with Gasteiger partial charge in [-0.25, -0.2) is 0 Å². The second-order valence-corrected chi connectivity index (χ2v) is 4.87. The van der Waals surface area contributed by atoms with Gasteiger partial charge in [-0.05, 0) is 31.6 Å². The summed E-state index contributed by atoms with van der Waals surface area (Å²) in [6, 6.07) is -0.107. The Hall–Kier alpha value is -1.32. The number of rotatable bonds is 1. The Morgan fingerprint density at radius 3 is 2.81 bits per heavy atom. The van der Waals surface area contributed by atoms with Crippen molar-refractivity contribution in [1.82, 2.24) is 10.6 Å². The van der Waals surface area contributed by atoms with Gasteiger partial charge in [0.25, 0.3) is 0 Å². The molecular weight excluding hydrogens is 202 g/mol. The van der Waals surface area contributed by atoms with Crippen LogP contribution in [0, 0.1) is 11.8 Å². The fourth-order valence-electron chi connectivity index (χ4n) is 2.75. The summed E-state index contributed by atoms with van der Waals surface area (Å²) in [6.45, 7) is 4.35. The molecule has 0 bridgehead atoms. The zero-order valence-electron chi connectivity index (χ0n) is 10.1. The van der Waals surface area contributed by atoms with Crippen molar-refractivity contribution in [2.45, 2.75) is 32.7 Å². The third-order valence-electron chi connectivity index (χ3n) is 3.34. The van der Waals surface area contributed by atoms with E-state index in [9.17, 15) is 4.79 Å². The van der Waals surface area contributed by atoms with Gasteiger partial charge in [-0.3, -0.25) is 15.1 Å². The zero-order chi connectivity index (χ0) is 11.7. The lowest BCUT2D eigenvalue weighted by atomic mass is 9.79. The van der Waals surface area contributed by atoms with Crippen LogP contribution >= 0.6 is 0 Å². The molecule has 1 aliphatic heterocycles. The summed E-state index contributed by atoms with van der Waals surface area (Å²) in [4.78, 5) is 15.8. The van der Waals surface area contributed by atoms with Gasteiger partial charge in [0, 0.05) is 7.05 Å². The van der Waals surface area contributed by atoms with E-state index in [4.69, 9.17) is 0 Å². The zero-order valence-corrected chi connectivity index (χ0v) is 10.1. The maximum atomic E-state index is 11.8. The van der Waals surface area contributed by atoms with Crippen molar-refractivity contribution in [2.24, 2.45) is 16.8 Å². The van der Waals surface area contributed by atoms with Crippen molar-refractivity contribution >= 4 is 11.9 Å². The predicted molar refractivity (Wildman–Crippen MR) is 64.1 cm³/mol. The van der Waals surface area contributed by atoms with Crippen LogP contribution in [0.1, 0.15) is 26.7 Å². The van der Waals surface area contributed by atoms with Crippen molar-refractivity contribution in [3.8, 4) is 0 Å². The number of guanidine groups is 1. The van der Waals surface area contributed by atoms with Crippen LogP contribution in [0.2, 0.25) is 0 Å². The van der Waals surface area contributed by atoms with Gasteiger partial charge in [-0.15, -0.1) is 0 Å². The van der Waals surface area contributed by atoms with E-state index in [0.29, 0.717) is 17.8 Å². The van der Waals surface area contributed by atoms with Gasteiger partial charge < -0.3 is 5.32 Å². The standard InChI is InChI=1S/C12H19N3O/c1-7-4-8(2)6-9(5-7)10-11(16)15-12(13-3)14-10/h4,7,9-10H,5-6H2,1-3H3,(H2,13,14,15,16). The number of allylic oxidation sites excluding steroid dienone is 2. The molecule has 0 aromatic carbocycles. The third-order valence-corrected chi connectivity index (χ3v) is 3.34. The molecule has 0 aromatic heterocycles. The molecule has 0 aromatic rings. The van der Waals surface area contributed by atoms with Crippen LogP contribution in [0.3, 0.4) is 0 Å². The summed E-state index contributed by atoms with van der Waals surface area (Å²) in [6.07, 6.45) is 4.38. The molecule has 4 heteroatoms. The fraction of sp³-hybridized carbons (Fsp3) is 0.667. The van der Waals surface area contributed by atoms with Gasteiger partial charge in [0.15, 0.2) is 5.96 Å². The smallest absolute Gasteiger partial charge is 0.249 e. The van der Waals surface area contributed by atoms with E-state index in [0.717, 1.165) is 12.8 Å². The lowest BCUT2D eigenvalue weighted by Crippen LogP contribution is -2.39. The number of hydrogen-bond donors (Lipinski definition) is 2. The Morgan fingerprint density at radius 2 is 2.25 bits per heavy atom. The van der Waals surface area contributed by atoms with Crippen molar-refractivity contribution in [1.29, 1.82) is 0 Å². The average Bonchev–Trinajstić information content (AvgIpc) is 2.58. The first-order valence-electron chi connectivity index (χ1n) is 5.81. The van der Waals surface area contributed by atoms with Crippen LogP contribution in [-0.4, -0.2) is 25.0 Å². The predicted octanol–water partition coefficient (Wildman–Crippen LogP) is 1.05. The summed E-state index contributed by atoms with van der Waals surface area (Å²) in [5.41, 5.74) is 1.39. The number of carbonyl (C=O) groups is 1. The Bertz CT molecular complexity index is 359. The van der Waals surface area contributed by atoms with Crippen LogP contribution in [0.5, 0.6) is 0 Å². The minimum Gasteiger partial charge on any atom is -0.344 e. The number of aliphatic imine (C=N–C) groups is 1. The lowest BCUT2D eigenvalue weighted by molar-refractivity contribution is -0.121. The topological polar surface area (TPSA) is 53.5 Å². The second-order valence-electron chi connectivity index (χ2n) is 4.87. The molecule has 2 N–H and O–H groups in total. The highest BCUT2D eigenvalue weighted by Crippen LogP contribution is 2.30. The molecular formula is C12H19N3O. The minimum absolute atomic E-state index is 0.0625. The van der Waals surface area contributed by atoms with E-state index in [1.807, 2.05) is 0 Å². The van der Waals surface area contributed by atoms with Crippen LogP contribution in [-0.2, 0) is 4.79 Å². The van der Waals surface area contributed by atoms with Gasteiger partial charge >= 0.3 is 0 Å². The average molecular weight is 221 g/mol. The molecule has 1 heterocycles. The van der Waals surface area contributed by atoms with Gasteiger partial charge in [0.2, 0.25) is 5.91 Å². The SMILES string of the molecule is CN=C1NC(=O)C(C2CC(C)=CC(C)C2)N1. The number of carbonyl (C=O) groups excluding carboxylic acids is 1. The van der Waals surface area contributed by atoms with Crippen molar-refractivity contribution < 1.29 is 4.79 Å². The molecule has 2 aliphatic rings. The molecule has 0 spiro atoms. The molecule has 0 saturated carbocycles. The quantitative estimate of drug-likeness (QED) is 0.650. The van der Waals surface area contributed by atoms with Gasteiger partial charge in [-0.1, -0.05) is 18.6 Å². The van der Waals surface area contributed by atoms with Crippen molar-refractivity contribution in [3.63, 3.8) is 0 Å². The molecule has 1 fully saturated rings. The summed E-state index contributed by atoms with van der Waals surface area (Å²) >= 11 is 0. The molecule has 1 amide bonds. The first kappa shape index (κ1) is 11.2. The molecule has 16 heavy (non-hydrogen) atoms. The Balaban J connectivity index is 2.09. The van der Waals surface area contributed by atoms with Crippen LogP contribution < -0.4 is 10.6 Å². The van der Waals surface area contributed by atoms with Gasteiger partial charge in [0.05, 0.1) is 0 Å². The Morgan fingerprint density at radius 1 is 1.50 bits per heavy atom. The number of nitrogens with one attached hydrogen (secondary N) is 2. The fourth-order valence-corrected chi connectivity index (χ4v) is 2.75. The van der Waals surface area contributed by atoms with E-state index >= 15 is 0 Å². The molecule has 0 radical (unpaired) electrons.